The van der Waals surface area contributed by atoms with Crippen molar-refractivity contribution in [1.29, 1.82) is 0 Å². The van der Waals surface area contributed by atoms with Gasteiger partial charge in [-0.05, 0) is 13.8 Å². The average Bonchev–Trinajstić information content (AvgIpc) is 2.77. The topological polar surface area (TPSA) is 59.3 Å². The van der Waals surface area contributed by atoms with Crippen molar-refractivity contribution in [2.24, 2.45) is 0 Å². The molecule has 1 aliphatic heterocycles. The van der Waals surface area contributed by atoms with E-state index < -0.39 is 6.10 Å². The number of aromatic nitrogens is 2. The normalized spacial score (nSPS) is 26.1. The molecule has 0 bridgehead atoms. The molecular formula is C10H17N3O2. The summed E-state index contributed by atoms with van der Waals surface area (Å²) in [5, 5.41) is 16.8. The lowest BCUT2D eigenvalue weighted by Crippen LogP contribution is -2.29. The highest BCUT2D eigenvalue weighted by Gasteiger charge is 2.26. The largest absolute Gasteiger partial charge is 0.483 e. The zero-order chi connectivity index (χ0) is 10.8. The van der Waals surface area contributed by atoms with Crippen LogP contribution in [0.15, 0.2) is 12.4 Å². The van der Waals surface area contributed by atoms with Gasteiger partial charge in [-0.1, -0.05) is 0 Å². The van der Waals surface area contributed by atoms with Crippen LogP contribution in [-0.2, 0) is 0 Å². The summed E-state index contributed by atoms with van der Waals surface area (Å²) in [5.41, 5.74) is 0. The summed E-state index contributed by atoms with van der Waals surface area (Å²) < 4.78 is 7.46. The molecule has 1 saturated heterocycles. The van der Waals surface area contributed by atoms with Crippen molar-refractivity contribution < 1.29 is 9.84 Å². The first-order chi connectivity index (χ1) is 7.16. The van der Waals surface area contributed by atoms with Crippen LogP contribution in [0.5, 0.6) is 5.75 Å². The SMILES string of the molecule is CC(C)n1cc(O[C@@H]2CNC[C@H]2O)cn1. The van der Waals surface area contributed by atoms with E-state index in [4.69, 9.17) is 4.74 Å². The summed E-state index contributed by atoms with van der Waals surface area (Å²) in [6.45, 7) is 5.41. The predicted octanol–water partition coefficient (Wildman–Crippen LogP) is 0.175. The van der Waals surface area contributed by atoms with Gasteiger partial charge in [0.15, 0.2) is 5.75 Å². The van der Waals surface area contributed by atoms with E-state index in [1.165, 1.54) is 0 Å². The smallest absolute Gasteiger partial charge is 0.157 e. The minimum Gasteiger partial charge on any atom is -0.483 e. The molecule has 1 aliphatic rings. The van der Waals surface area contributed by atoms with E-state index in [0.29, 0.717) is 19.1 Å². The highest BCUT2D eigenvalue weighted by molar-refractivity contribution is 5.13. The van der Waals surface area contributed by atoms with Crippen LogP contribution in [0.3, 0.4) is 0 Å². The van der Waals surface area contributed by atoms with Crippen molar-refractivity contribution >= 4 is 0 Å². The first-order valence-corrected chi connectivity index (χ1v) is 5.26. The number of aliphatic hydroxyl groups is 1. The van der Waals surface area contributed by atoms with Gasteiger partial charge in [-0.25, -0.2) is 0 Å². The Morgan fingerprint density at radius 2 is 2.40 bits per heavy atom. The van der Waals surface area contributed by atoms with Crippen LogP contribution in [0.25, 0.3) is 0 Å². The van der Waals surface area contributed by atoms with Gasteiger partial charge in [-0.2, -0.15) is 5.10 Å². The third-order valence-corrected chi connectivity index (χ3v) is 2.52. The highest BCUT2D eigenvalue weighted by atomic mass is 16.5. The third kappa shape index (κ3) is 2.30. The summed E-state index contributed by atoms with van der Waals surface area (Å²) in [4.78, 5) is 0. The van der Waals surface area contributed by atoms with E-state index >= 15 is 0 Å². The second kappa shape index (κ2) is 4.20. The van der Waals surface area contributed by atoms with Crippen molar-refractivity contribution in [3.63, 3.8) is 0 Å². The number of β-amino-alcohol motifs (C(OH)–C–C–N with tert-alkyl or cyclic N) is 1. The first kappa shape index (κ1) is 10.4. The molecule has 0 amide bonds. The summed E-state index contributed by atoms with van der Waals surface area (Å²) in [7, 11) is 0. The second-order valence-corrected chi connectivity index (χ2v) is 4.13. The quantitative estimate of drug-likeness (QED) is 0.748. The van der Waals surface area contributed by atoms with Crippen molar-refractivity contribution in [2.75, 3.05) is 13.1 Å². The molecule has 1 aromatic heterocycles. The van der Waals surface area contributed by atoms with Crippen LogP contribution in [0.1, 0.15) is 19.9 Å². The number of nitrogens with one attached hydrogen (secondary N) is 1. The molecule has 5 nitrogen and oxygen atoms in total. The molecule has 5 heteroatoms. The Kier molecular flexibility index (Phi) is 2.93. The van der Waals surface area contributed by atoms with Gasteiger partial charge in [0.25, 0.3) is 0 Å². The molecule has 2 rings (SSSR count). The Hall–Kier alpha value is -1.07. The average molecular weight is 211 g/mol. The molecule has 0 saturated carbocycles. The minimum atomic E-state index is -0.424. The molecule has 2 N–H and O–H groups in total. The molecule has 0 aliphatic carbocycles. The van der Waals surface area contributed by atoms with Gasteiger partial charge in [-0.15, -0.1) is 0 Å². The van der Waals surface area contributed by atoms with E-state index in [1.54, 1.807) is 6.20 Å². The summed E-state index contributed by atoms with van der Waals surface area (Å²) in [5.74, 6) is 0.719. The Labute approximate surface area is 89.0 Å². The summed E-state index contributed by atoms with van der Waals surface area (Å²) in [6, 6.07) is 0.328. The molecule has 0 aromatic carbocycles. The number of hydrogen-bond donors (Lipinski definition) is 2. The lowest BCUT2D eigenvalue weighted by Gasteiger charge is -2.14. The monoisotopic (exact) mass is 211 g/mol. The summed E-state index contributed by atoms with van der Waals surface area (Å²) in [6.07, 6.45) is 2.96. The number of ether oxygens (including phenoxy) is 1. The van der Waals surface area contributed by atoms with Crippen molar-refractivity contribution in [1.82, 2.24) is 15.1 Å². The van der Waals surface area contributed by atoms with E-state index in [0.717, 1.165) is 5.75 Å². The second-order valence-electron chi connectivity index (χ2n) is 4.13. The van der Waals surface area contributed by atoms with Gasteiger partial charge in [0.1, 0.15) is 12.2 Å². The van der Waals surface area contributed by atoms with E-state index in [1.807, 2.05) is 10.9 Å². The zero-order valence-corrected chi connectivity index (χ0v) is 9.05. The van der Waals surface area contributed by atoms with E-state index in [-0.39, 0.29) is 6.10 Å². The molecule has 2 atom stereocenters. The maximum absolute atomic E-state index is 9.55. The third-order valence-electron chi connectivity index (χ3n) is 2.52. The standard InChI is InChI=1S/C10H17N3O2/c1-7(2)13-6-8(3-12-13)15-10-5-11-4-9(10)14/h3,6-7,9-11,14H,4-5H2,1-2H3/t9-,10-/m1/s1. The van der Waals surface area contributed by atoms with E-state index in [9.17, 15) is 5.11 Å². The molecule has 0 spiro atoms. The fourth-order valence-corrected chi connectivity index (χ4v) is 1.60. The number of nitrogens with zero attached hydrogens (tertiary/aromatic N) is 2. The Balaban J connectivity index is 1.98. The fraction of sp³-hybridized carbons (Fsp3) is 0.700. The molecule has 0 unspecified atom stereocenters. The molecule has 84 valence electrons. The molecule has 1 fully saturated rings. The zero-order valence-electron chi connectivity index (χ0n) is 9.05. The molecule has 15 heavy (non-hydrogen) atoms. The van der Waals surface area contributed by atoms with Crippen molar-refractivity contribution in [3.05, 3.63) is 12.4 Å². The lowest BCUT2D eigenvalue weighted by molar-refractivity contribution is 0.0737. The van der Waals surface area contributed by atoms with Crippen LogP contribution in [0.2, 0.25) is 0 Å². The van der Waals surface area contributed by atoms with Crippen molar-refractivity contribution in [2.45, 2.75) is 32.1 Å². The van der Waals surface area contributed by atoms with Crippen molar-refractivity contribution in [3.8, 4) is 5.75 Å². The number of rotatable bonds is 3. The van der Waals surface area contributed by atoms with Crippen LogP contribution in [-0.4, -0.2) is 40.2 Å². The van der Waals surface area contributed by atoms with Crippen LogP contribution in [0, 0.1) is 0 Å². The molecule has 2 heterocycles. The maximum Gasteiger partial charge on any atom is 0.157 e. The molecule has 1 aromatic rings. The Bertz CT molecular complexity index is 324. The maximum atomic E-state index is 9.55. The van der Waals surface area contributed by atoms with Gasteiger partial charge < -0.3 is 15.2 Å². The number of aliphatic hydroxyl groups excluding tert-OH is 1. The van der Waals surface area contributed by atoms with Gasteiger partial charge in [0, 0.05) is 19.1 Å². The molecular weight excluding hydrogens is 194 g/mol. The van der Waals surface area contributed by atoms with Crippen LogP contribution in [0.4, 0.5) is 0 Å². The Morgan fingerprint density at radius 3 is 2.93 bits per heavy atom. The predicted molar refractivity (Wildman–Crippen MR) is 55.9 cm³/mol. The minimum absolute atomic E-state index is 0.158. The first-order valence-electron chi connectivity index (χ1n) is 5.26. The van der Waals surface area contributed by atoms with Crippen LogP contribution >= 0.6 is 0 Å². The lowest BCUT2D eigenvalue weighted by atomic mass is 10.2. The van der Waals surface area contributed by atoms with Gasteiger partial charge >= 0.3 is 0 Å². The molecule has 0 radical (unpaired) electrons. The van der Waals surface area contributed by atoms with Gasteiger partial charge in [0.2, 0.25) is 0 Å². The Morgan fingerprint density at radius 1 is 1.60 bits per heavy atom. The number of hydrogen-bond acceptors (Lipinski definition) is 4. The van der Waals surface area contributed by atoms with E-state index in [2.05, 4.69) is 24.3 Å². The van der Waals surface area contributed by atoms with Gasteiger partial charge in [-0.3, -0.25) is 4.68 Å². The summed E-state index contributed by atoms with van der Waals surface area (Å²) >= 11 is 0. The van der Waals surface area contributed by atoms with Crippen LogP contribution < -0.4 is 10.1 Å². The van der Waals surface area contributed by atoms with Gasteiger partial charge in [0.05, 0.1) is 12.4 Å². The highest BCUT2D eigenvalue weighted by Crippen LogP contribution is 2.16. The fourth-order valence-electron chi connectivity index (χ4n) is 1.60.